The van der Waals surface area contributed by atoms with Crippen molar-refractivity contribution in [3.8, 4) is 0 Å². The molecule has 0 atom stereocenters. The first-order valence-corrected chi connectivity index (χ1v) is 6.97. The van der Waals surface area contributed by atoms with Crippen molar-refractivity contribution in [1.29, 1.82) is 0 Å². The maximum absolute atomic E-state index is 13.5. The second-order valence-corrected chi connectivity index (χ2v) is 5.81. The summed E-state index contributed by atoms with van der Waals surface area (Å²) >= 11 is 0. The summed E-state index contributed by atoms with van der Waals surface area (Å²) in [5, 5.41) is 13.3. The molecule has 0 unspecified atom stereocenters. The number of benzene rings is 1. The minimum atomic E-state index is -0.842. The van der Waals surface area contributed by atoms with Gasteiger partial charge in [0.2, 0.25) is 0 Å². The maximum Gasteiger partial charge on any atom is 0.407 e. The van der Waals surface area contributed by atoms with Crippen LogP contribution in [-0.2, 0) is 4.74 Å². The zero-order valence-electron chi connectivity index (χ0n) is 13.3. The lowest BCUT2D eigenvalue weighted by Gasteiger charge is -2.19. The largest absolute Gasteiger partial charge is 0.444 e. The first-order valence-electron chi connectivity index (χ1n) is 6.97. The number of anilines is 1. The lowest BCUT2D eigenvalue weighted by atomic mass is 10.1. The summed E-state index contributed by atoms with van der Waals surface area (Å²) in [5.41, 5.74) is 4.10. The third-order valence-electron chi connectivity index (χ3n) is 2.62. The number of nitrogen functional groups attached to an aromatic ring is 1. The van der Waals surface area contributed by atoms with Gasteiger partial charge in [-0.15, -0.1) is 0 Å². The highest BCUT2D eigenvalue weighted by molar-refractivity contribution is 5.68. The molecule has 0 spiro atoms. The highest BCUT2D eigenvalue weighted by Gasteiger charge is 2.16. The molecule has 8 heteroatoms. The van der Waals surface area contributed by atoms with Crippen molar-refractivity contribution in [3.05, 3.63) is 39.7 Å². The molecule has 7 nitrogen and oxygen atoms in total. The third-order valence-corrected chi connectivity index (χ3v) is 2.62. The molecular formula is C15H20FN3O4. The van der Waals surface area contributed by atoms with Crippen molar-refractivity contribution < 1.29 is 18.8 Å². The fourth-order valence-electron chi connectivity index (χ4n) is 1.66. The maximum atomic E-state index is 13.5. The highest BCUT2D eigenvalue weighted by Crippen LogP contribution is 2.26. The van der Waals surface area contributed by atoms with Gasteiger partial charge in [-0.05, 0) is 38.8 Å². The molecule has 0 fully saturated rings. The summed E-state index contributed by atoms with van der Waals surface area (Å²) in [7, 11) is 0. The number of ether oxygens (including phenoxy) is 1. The Hall–Kier alpha value is -2.64. The Balaban J connectivity index is 2.56. The fraction of sp³-hybridized carbons (Fsp3) is 0.400. The Morgan fingerprint density at radius 1 is 1.48 bits per heavy atom. The number of nitrogens with zero attached hydrogens (tertiary/aromatic N) is 1. The number of alkyl carbamates (subject to hydrolysis) is 1. The van der Waals surface area contributed by atoms with Crippen LogP contribution in [-0.4, -0.2) is 23.2 Å². The smallest absolute Gasteiger partial charge is 0.407 e. The normalized spacial score (nSPS) is 11.5. The van der Waals surface area contributed by atoms with Gasteiger partial charge in [-0.1, -0.05) is 12.2 Å². The van der Waals surface area contributed by atoms with E-state index in [2.05, 4.69) is 5.32 Å². The number of carbonyl (C=O) groups excluding carboxylic acids is 1. The first-order chi connectivity index (χ1) is 10.6. The van der Waals surface area contributed by atoms with Gasteiger partial charge in [0.1, 0.15) is 11.3 Å². The van der Waals surface area contributed by atoms with Crippen LogP contribution in [0.25, 0.3) is 6.08 Å². The second-order valence-electron chi connectivity index (χ2n) is 5.81. The molecule has 0 radical (unpaired) electrons. The molecule has 0 saturated carbocycles. The van der Waals surface area contributed by atoms with Crippen molar-refractivity contribution in [2.75, 3.05) is 12.3 Å². The molecular weight excluding hydrogens is 305 g/mol. The Bertz CT molecular complexity index is 624. The van der Waals surface area contributed by atoms with Gasteiger partial charge in [0.25, 0.3) is 5.69 Å². The summed E-state index contributed by atoms with van der Waals surface area (Å²) in [5.74, 6) is -0.842. The van der Waals surface area contributed by atoms with E-state index in [1.165, 1.54) is 12.1 Å². The monoisotopic (exact) mass is 325 g/mol. The van der Waals surface area contributed by atoms with E-state index < -0.39 is 33.8 Å². The van der Waals surface area contributed by atoms with Crippen LogP contribution in [0.15, 0.2) is 18.2 Å². The van der Waals surface area contributed by atoms with Gasteiger partial charge >= 0.3 is 6.09 Å². The van der Waals surface area contributed by atoms with E-state index in [9.17, 15) is 19.3 Å². The van der Waals surface area contributed by atoms with Crippen LogP contribution in [0.5, 0.6) is 0 Å². The van der Waals surface area contributed by atoms with Gasteiger partial charge in [-0.3, -0.25) is 10.1 Å². The van der Waals surface area contributed by atoms with Crippen LogP contribution in [0.1, 0.15) is 32.8 Å². The number of hydrogen-bond donors (Lipinski definition) is 2. The van der Waals surface area contributed by atoms with Crippen LogP contribution < -0.4 is 11.1 Å². The van der Waals surface area contributed by atoms with Crippen molar-refractivity contribution in [1.82, 2.24) is 5.32 Å². The van der Waals surface area contributed by atoms with Crippen molar-refractivity contribution in [3.63, 3.8) is 0 Å². The quantitative estimate of drug-likeness (QED) is 0.374. The molecule has 1 amide bonds. The van der Waals surface area contributed by atoms with Crippen LogP contribution in [0.3, 0.4) is 0 Å². The number of hydrogen-bond acceptors (Lipinski definition) is 5. The van der Waals surface area contributed by atoms with Gasteiger partial charge in [0.05, 0.1) is 4.92 Å². The number of carbonyl (C=O) groups is 1. The number of nitrogens with two attached hydrogens (primary N) is 1. The van der Waals surface area contributed by atoms with E-state index >= 15 is 0 Å². The molecule has 0 aromatic heterocycles. The molecule has 0 saturated heterocycles. The van der Waals surface area contributed by atoms with Crippen LogP contribution >= 0.6 is 0 Å². The first kappa shape index (κ1) is 18.4. The van der Waals surface area contributed by atoms with Gasteiger partial charge in [0, 0.05) is 12.6 Å². The highest BCUT2D eigenvalue weighted by atomic mass is 19.1. The summed E-state index contributed by atoms with van der Waals surface area (Å²) in [6.45, 7) is 5.60. The van der Waals surface area contributed by atoms with Gasteiger partial charge in [-0.25, -0.2) is 9.18 Å². The molecule has 0 aliphatic rings. The number of amides is 1. The van der Waals surface area contributed by atoms with E-state index in [1.54, 1.807) is 26.8 Å². The zero-order chi connectivity index (χ0) is 17.6. The van der Waals surface area contributed by atoms with E-state index in [0.29, 0.717) is 18.5 Å². The molecule has 1 aromatic rings. The number of nitro benzene ring substituents is 1. The molecule has 0 aliphatic heterocycles. The number of nitrogens with one attached hydrogen (secondary N) is 1. The number of halogens is 1. The topological polar surface area (TPSA) is 107 Å². The molecule has 1 aromatic carbocycles. The summed E-state index contributed by atoms with van der Waals surface area (Å²) in [6.07, 6.45) is 3.11. The predicted molar refractivity (Wildman–Crippen MR) is 85.4 cm³/mol. The van der Waals surface area contributed by atoms with E-state index in [4.69, 9.17) is 10.5 Å². The zero-order valence-corrected chi connectivity index (χ0v) is 13.3. The van der Waals surface area contributed by atoms with Gasteiger partial charge in [-0.2, -0.15) is 0 Å². The Morgan fingerprint density at radius 2 is 2.13 bits per heavy atom. The van der Waals surface area contributed by atoms with Crippen LogP contribution in [0.2, 0.25) is 0 Å². The summed E-state index contributed by atoms with van der Waals surface area (Å²) in [4.78, 5) is 21.4. The van der Waals surface area contributed by atoms with Crippen LogP contribution in [0, 0.1) is 15.9 Å². The second kappa shape index (κ2) is 7.57. The molecule has 3 N–H and O–H groups in total. The molecule has 0 aliphatic carbocycles. The average molecular weight is 325 g/mol. The minimum Gasteiger partial charge on any atom is -0.444 e. The minimum absolute atomic E-state index is 0.320. The average Bonchev–Trinajstić information content (AvgIpc) is 2.39. The van der Waals surface area contributed by atoms with Gasteiger partial charge in [0.15, 0.2) is 5.82 Å². The Labute approximate surface area is 133 Å². The van der Waals surface area contributed by atoms with Gasteiger partial charge < -0.3 is 15.8 Å². The molecule has 126 valence electrons. The Kier molecular flexibility index (Phi) is 6.06. The van der Waals surface area contributed by atoms with E-state index in [1.807, 2.05) is 0 Å². The number of rotatable bonds is 5. The Morgan fingerprint density at radius 3 is 2.70 bits per heavy atom. The molecule has 1 rings (SSSR count). The van der Waals surface area contributed by atoms with Crippen molar-refractivity contribution in [2.45, 2.75) is 32.8 Å². The SMILES string of the molecule is CC(C)(C)OC(=O)NCCC=Cc1cc(F)c(N)c([N+](=O)[O-])c1. The molecule has 0 bridgehead atoms. The van der Waals surface area contributed by atoms with E-state index in [-0.39, 0.29) is 0 Å². The summed E-state index contributed by atoms with van der Waals surface area (Å²) < 4.78 is 18.6. The predicted octanol–water partition coefficient (Wildman–Crippen LogP) is 3.24. The molecule has 0 heterocycles. The van der Waals surface area contributed by atoms with Crippen molar-refractivity contribution in [2.24, 2.45) is 0 Å². The van der Waals surface area contributed by atoms with Crippen LogP contribution in [0.4, 0.5) is 20.6 Å². The molecule has 23 heavy (non-hydrogen) atoms. The standard InChI is InChI=1S/C15H20FN3O4/c1-15(2,3)23-14(20)18-7-5-4-6-10-8-11(16)13(17)12(9-10)19(21)22/h4,6,8-9H,5,7,17H2,1-3H3,(H,18,20). The third kappa shape index (κ3) is 6.33. The fourth-order valence-corrected chi connectivity index (χ4v) is 1.66. The number of nitro groups is 1. The van der Waals surface area contributed by atoms with E-state index in [0.717, 1.165) is 6.07 Å². The summed E-state index contributed by atoms with van der Waals surface area (Å²) in [6, 6.07) is 2.30. The lowest BCUT2D eigenvalue weighted by molar-refractivity contribution is -0.384. The lowest BCUT2D eigenvalue weighted by Crippen LogP contribution is -2.32. The van der Waals surface area contributed by atoms with Crippen molar-refractivity contribution >= 4 is 23.5 Å².